The Morgan fingerprint density at radius 3 is 1.31 bits per heavy atom. The second kappa shape index (κ2) is 16.0. The Balaban J connectivity index is 3.79. The fraction of sp³-hybridized carbons (Fsp3) is 0.750. The summed E-state index contributed by atoms with van der Waals surface area (Å²) < 4.78 is 9.04. The zero-order chi connectivity index (χ0) is 22.4. The molecule has 0 aliphatic carbocycles. The van der Waals surface area contributed by atoms with Crippen molar-refractivity contribution in [3.05, 3.63) is 0 Å². The second-order valence-corrected chi connectivity index (χ2v) is 8.09. The number of ether oxygens (including phenoxy) is 2. The maximum atomic E-state index is 11.9. The molecular formula is C16H29N3O6S4. The molecule has 0 saturated heterocycles. The topological polar surface area (TPSA) is 123 Å². The first-order valence-electron chi connectivity index (χ1n) is 8.81. The molecule has 2 amide bonds. The minimum Gasteiger partial charge on any atom is -0.468 e. The lowest BCUT2D eigenvalue weighted by atomic mass is 10.2. The van der Waals surface area contributed by atoms with Crippen LogP contribution in [0.3, 0.4) is 0 Å². The predicted octanol–water partition coefficient (Wildman–Crippen LogP) is -0.872. The number of rotatable bonds is 14. The molecule has 0 spiro atoms. The molecule has 3 N–H and O–H groups in total. The molecule has 9 nitrogen and oxygen atoms in total. The SMILES string of the molecule is COC(=O)C(S)C(S)C(=O)NCCCNCCCNC(=O)C(S)C(S)C(=O)OC. The van der Waals surface area contributed by atoms with Crippen LogP contribution < -0.4 is 16.0 Å². The van der Waals surface area contributed by atoms with Crippen LogP contribution in [0.2, 0.25) is 0 Å². The molecule has 0 aromatic carbocycles. The third kappa shape index (κ3) is 11.3. The number of amides is 2. The summed E-state index contributed by atoms with van der Waals surface area (Å²) in [5, 5.41) is 4.87. The Morgan fingerprint density at radius 1 is 0.655 bits per heavy atom. The Morgan fingerprint density at radius 2 is 1.00 bits per heavy atom. The number of nitrogens with one attached hydrogen (secondary N) is 3. The summed E-state index contributed by atoms with van der Waals surface area (Å²) in [7, 11) is 2.44. The zero-order valence-electron chi connectivity index (χ0n) is 16.3. The fourth-order valence-electron chi connectivity index (χ4n) is 1.97. The van der Waals surface area contributed by atoms with E-state index < -0.39 is 44.8 Å². The van der Waals surface area contributed by atoms with Gasteiger partial charge in [-0.05, 0) is 25.9 Å². The minimum atomic E-state index is -0.932. The highest BCUT2D eigenvalue weighted by Gasteiger charge is 2.29. The van der Waals surface area contributed by atoms with Gasteiger partial charge in [-0.2, -0.15) is 50.5 Å². The maximum absolute atomic E-state index is 11.9. The fourth-order valence-corrected chi connectivity index (χ4v) is 2.88. The number of carbonyl (C=O) groups excluding carboxylic acids is 4. The summed E-state index contributed by atoms with van der Waals surface area (Å²) in [5.74, 6) is -2.01. The van der Waals surface area contributed by atoms with Crippen molar-refractivity contribution in [2.24, 2.45) is 0 Å². The second-order valence-electron chi connectivity index (χ2n) is 5.86. The molecule has 0 fully saturated rings. The van der Waals surface area contributed by atoms with Crippen LogP contribution in [0.4, 0.5) is 0 Å². The summed E-state index contributed by atoms with van der Waals surface area (Å²) in [4.78, 5) is 46.4. The lowest BCUT2D eigenvalue weighted by molar-refractivity contribution is -0.141. The van der Waals surface area contributed by atoms with Crippen LogP contribution >= 0.6 is 50.5 Å². The van der Waals surface area contributed by atoms with Crippen LogP contribution in [-0.2, 0) is 28.7 Å². The van der Waals surface area contributed by atoms with Gasteiger partial charge in [0.15, 0.2) is 0 Å². The monoisotopic (exact) mass is 487 g/mol. The lowest BCUT2D eigenvalue weighted by Gasteiger charge is -2.16. The van der Waals surface area contributed by atoms with E-state index in [0.29, 0.717) is 39.0 Å². The molecule has 0 aliphatic heterocycles. The smallest absolute Gasteiger partial charge is 0.320 e. The van der Waals surface area contributed by atoms with Crippen molar-refractivity contribution in [3.8, 4) is 0 Å². The largest absolute Gasteiger partial charge is 0.468 e. The molecule has 4 atom stereocenters. The van der Waals surface area contributed by atoms with Crippen molar-refractivity contribution >= 4 is 74.3 Å². The van der Waals surface area contributed by atoms with E-state index in [9.17, 15) is 19.2 Å². The van der Waals surface area contributed by atoms with Crippen LogP contribution in [0.15, 0.2) is 0 Å². The number of methoxy groups -OCH3 is 2. The maximum Gasteiger partial charge on any atom is 0.320 e. The first-order valence-corrected chi connectivity index (χ1v) is 10.9. The Hall–Kier alpha value is -0.760. The van der Waals surface area contributed by atoms with Crippen LogP contribution in [0.5, 0.6) is 0 Å². The summed E-state index contributed by atoms with van der Waals surface area (Å²) in [6.45, 7) is 2.14. The highest BCUT2D eigenvalue weighted by atomic mass is 32.1. The lowest BCUT2D eigenvalue weighted by Crippen LogP contribution is -2.41. The summed E-state index contributed by atoms with van der Waals surface area (Å²) in [6, 6.07) is 0. The van der Waals surface area contributed by atoms with Gasteiger partial charge in [0, 0.05) is 13.1 Å². The third-order valence-corrected chi connectivity index (χ3v) is 6.23. The number of thiol groups is 4. The van der Waals surface area contributed by atoms with E-state index in [0.717, 1.165) is 0 Å². The molecule has 0 aromatic heterocycles. The zero-order valence-corrected chi connectivity index (χ0v) is 19.9. The van der Waals surface area contributed by atoms with Crippen LogP contribution in [-0.4, -0.2) is 85.2 Å². The average molecular weight is 488 g/mol. The first-order chi connectivity index (χ1) is 13.7. The molecule has 0 bridgehead atoms. The van der Waals surface area contributed by atoms with Crippen LogP contribution in [0, 0.1) is 0 Å². The van der Waals surface area contributed by atoms with E-state index in [1.165, 1.54) is 14.2 Å². The summed E-state index contributed by atoms with van der Waals surface area (Å²) >= 11 is 16.2. The molecule has 0 radical (unpaired) electrons. The highest BCUT2D eigenvalue weighted by Crippen LogP contribution is 2.11. The Bertz CT molecular complexity index is 509. The molecular weight excluding hydrogens is 458 g/mol. The van der Waals surface area contributed by atoms with Gasteiger partial charge in [0.25, 0.3) is 0 Å². The van der Waals surface area contributed by atoms with E-state index in [-0.39, 0.29) is 0 Å². The van der Waals surface area contributed by atoms with E-state index in [1.54, 1.807) is 0 Å². The van der Waals surface area contributed by atoms with Crippen LogP contribution in [0.25, 0.3) is 0 Å². The molecule has 0 saturated carbocycles. The highest BCUT2D eigenvalue weighted by molar-refractivity contribution is 7.86. The molecule has 4 unspecified atom stereocenters. The predicted molar refractivity (Wildman–Crippen MR) is 123 cm³/mol. The van der Waals surface area contributed by atoms with Crippen molar-refractivity contribution in [3.63, 3.8) is 0 Å². The summed E-state index contributed by atoms with van der Waals surface area (Å²) in [6.07, 6.45) is 1.35. The molecule has 0 rings (SSSR count). The third-order valence-electron chi connectivity index (χ3n) is 3.68. The van der Waals surface area contributed by atoms with Crippen LogP contribution in [0.1, 0.15) is 12.8 Å². The van der Waals surface area contributed by atoms with E-state index in [2.05, 4.69) is 75.9 Å². The molecule has 29 heavy (non-hydrogen) atoms. The number of esters is 2. The molecule has 0 heterocycles. The Labute approximate surface area is 192 Å². The van der Waals surface area contributed by atoms with Crippen molar-refractivity contribution in [1.29, 1.82) is 0 Å². The van der Waals surface area contributed by atoms with Gasteiger partial charge in [-0.1, -0.05) is 0 Å². The molecule has 13 heteroatoms. The molecule has 168 valence electrons. The van der Waals surface area contributed by atoms with Crippen molar-refractivity contribution in [1.82, 2.24) is 16.0 Å². The first kappa shape index (κ1) is 28.2. The summed E-state index contributed by atoms with van der Waals surface area (Å²) in [5.41, 5.74) is 0. The van der Waals surface area contributed by atoms with Gasteiger partial charge in [-0.15, -0.1) is 0 Å². The van der Waals surface area contributed by atoms with Crippen molar-refractivity contribution in [2.75, 3.05) is 40.4 Å². The van der Waals surface area contributed by atoms with Gasteiger partial charge in [-0.25, -0.2) is 0 Å². The Kier molecular flexibility index (Phi) is 15.6. The van der Waals surface area contributed by atoms with Gasteiger partial charge in [0.05, 0.1) is 14.2 Å². The standard InChI is InChI=1S/C16H29N3O6S4/c1-24-15(22)11(28)9(26)13(20)18-7-3-5-17-6-4-8-19-14(21)10(27)12(29)16(23)25-2/h9-12,17,26-29H,3-8H2,1-2H3,(H,18,20)(H,19,21). The molecule has 0 aliphatic rings. The van der Waals surface area contributed by atoms with Crippen molar-refractivity contribution < 1.29 is 28.7 Å². The minimum absolute atomic E-state index is 0.391. The van der Waals surface area contributed by atoms with Crippen molar-refractivity contribution in [2.45, 2.75) is 33.8 Å². The van der Waals surface area contributed by atoms with E-state index in [4.69, 9.17) is 0 Å². The average Bonchev–Trinajstić information content (AvgIpc) is 2.73. The number of hydrogen-bond acceptors (Lipinski definition) is 11. The van der Waals surface area contributed by atoms with Gasteiger partial charge in [0.2, 0.25) is 11.8 Å². The van der Waals surface area contributed by atoms with E-state index >= 15 is 0 Å². The number of hydrogen-bond donors (Lipinski definition) is 7. The number of carbonyl (C=O) groups is 4. The van der Waals surface area contributed by atoms with E-state index in [1.807, 2.05) is 0 Å². The van der Waals surface area contributed by atoms with Gasteiger partial charge >= 0.3 is 11.9 Å². The molecule has 0 aromatic rings. The normalized spacial score (nSPS) is 14.8. The van der Waals surface area contributed by atoms with Gasteiger partial charge in [-0.3, -0.25) is 19.2 Å². The van der Waals surface area contributed by atoms with Gasteiger partial charge in [0.1, 0.15) is 21.0 Å². The quantitative estimate of drug-likeness (QED) is 0.0966. The van der Waals surface area contributed by atoms with Gasteiger partial charge < -0.3 is 25.4 Å².